The molecule has 0 spiro atoms. The maximum absolute atomic E-state index is 11.0. The highest BCUT2D eigenvalue weighted by Gasteiger charge is 2.27. The first-order valence-electron chi connectivity index (χ1n) is 8.41. The Morgan fingerprint density at radius 1 is 1.05 bits per heavy atom. The molecule has 0 aliphatic heterocycles. The van der Waals surface area contributed by atoms with E-state index in [0.29, 0.717) is 6.42 Å². The normalized spacial score (nSPS) is 13.8. The van der Waals surface area contributed by atoms with Crippen LogP contribution in [-0.2, 0) is 15.6 Å². The van der Waals surface area contributed by atoms with E-state index in [1.165, 1.54) is 11.1 Å². The van der Waals surface area contributed by atoms with Crippen LogP contribution < -0.4 is 4.74 Å². The highest BCUT2D eigenvalue weighted by Crippen LogP contribution is 2.38. The number of benzene rings is 1. The summed E-state index contributed by atoms with van der Waals surface area (Å²) in [7, 11) is 0. The van der Waals surface area contributed by atoms with E-state index >= 15 is 0 Å². The zero-order valence-corrected chi connectivity index (χ0v) is 15.2. The average Bonchev–Trinajstić information content (AvgIpc) is 2.52. The van der Waals surface area contributed by atoms with E-state index < -0.39 is 6.10 Å². The summed E-state index contributed by atoms with van der Waals surface area (Å²) in [6.07, 6.45) is 4.22. The fourth-order valence-corrected chi connectivity index (χ4v) is 2.32. The minimum absolute atomic E-state index is 0.0103. The quantitative estimate of drug-likeness (QED) is 0.649. The van der Waals surface area contributed by atoms with Crippen LogP contribution in [0, 0.1) is 0 Å². The largest absolute Gasteiger partial charge is 0.482 e. The van der Waals surface area contributed by atoms with Crippen LogP contribution in [0.1, 0.15) is 78.9 Å². The van der Waals surface area contributed by atoms with E-state index in [1.807, 2.05) is 19.3 Å². The van der Waals surface area contributed by atoms with Crippen LogP contribution >= 0.6 is 0 Å². The Labute approximate surface area is 136 Å². The molecule has 2 nitrogen and oxygen atoms in total. The first kappa shape index (κ1) is 18.7. The maximum atomic E-state index is 11.0. The van der Waals surface area contributed by atoms with Gasteiger partial charge < -0.3 is 4.74 Å². The van der Waals surface area contributed by atoms with Gasteiger partial charge in [-0.3, -0.25) is 4.79 Å². The molecular weight excluding hydrogens is 272 g/mol. The van der Waals surface area contributed by atoms with Gasteiger partial charge in [0.1, 0.15) is 5.75 Å². The molecule has 0 aliphatic carbocycles. The molecule has 0 fully saturated rings. The van der Waals surface area contributed by atoms with Crippen LogP contribution in [-0.4, -0.2) is 12.4 Å². The molecule has 0 saturated heterocycles. The summed E-state index contributed by atoms with van der Waals surface area (Å²) < 4.78 is 5.91. The lowest BCUT2D eigenvalue weighted by Gasteiger charge is -2.31. The third-order valence-electron chi connectivity index (χ3n) is 5.03. The molecule has 0 amide bonds. The molecule has 22 heavy (non-hydrogen) atoms. The van der Waals surface area contributed by atoms with E-state index in [4.69, 9.17) is 4.74 Å². The van der Waals surface area contributed by atoms with Gasteiger partial charge in [-0.05, 0) is 41.7 Å². The van der Waals surface area contributed by atoms with Crippen LogP contribution in [0.2, 0.25) is 0 Å². The lowest BCUT2D eigenvalue weighted by atomic mass is 9.76. The summed E-state index contributed by atoms with van der Waals surface area (Å²) in [5, 5.41) is 0. The number of ether oxygens (including phenoxy) is 1. The van der Waals surface area contributed by atoms with Crippen molar-refractivity contribution in [2.45, 2.75) is 84.7 Å². The van der Waals surface area contributed by atoms with Gasteiger partial charge in [0, 0.05) is 5.56 Å². The Kier molecular flexibility index (Phi) is 6.22. The van der Waals surface area contributed by atoms with Gasteiger partial charge in [-0.1, -0.05) is 60.6 Å². The van der Waals surface area contributed by atoms with Gasteiger partial charge in [0.15, 0.2) is 6.10 Å². The van der Waals surface area contributed by atoms with Crippen molar-refractivity contribution in [3.05, 3.63) is 29.3 Å². The van der Waals surface area contributed by atoms with Crippen molar-refractivity contribution in [1.29, 1.82) is 0 Å². The van der Waals surface area contributed by atoms with Gasteiger partial charge in [-0.25, -0.2) is 0 Å². The molecule has 2 heteroatoms. The summed E-state index contributed by atoms with van der Waals surface area (Å²) >= 11 is 0. The average molecular weight is 303 g/mol. The first-order valence-corrected chi connectivity index (χ1v) is 8.41. The minimum Gasteiger partial charge on any atom is -0.482 e. The van der Waals surface area contributed by atoms with E-state index in [0.717, 1.165) is 18.6 Å². The van der Waals surface area contributed by atoms with E-state index in [1.54, 1.807) is 0 Å². The summed E-state index contributed by atoms with van der Waals surface area (Å²) in [5.41, 5.74) is 2.65. The molecule has 1 aromatic carbocycles. The molecule has 0 N–H and O–H groups in total. The smallest absolute Gasteiger partial charge is 0.242 e. The highest BCUT2D eigenvalue weighted by atomic mass is 16.5. The standard InChI is InChI=1S/C20H31O2/c1-8-16(14-21)22-18-12-11-15(19(4,5)9-2)13-17(18)20(6,7)10-3/h11-13,16H,8-10H2,1-7H3. The van der Waals surface area contributed by atoms with Gasteiger partial charge in [-0.2, -0.15) is 0 Å². The molecule has 1 radical (unpaired) electrons. The Hall–Kier alpha value is -1.31. The Balaban J connectivity index is 3.36. The maximum Gasteiger partial charge on any atom is 0.242 e. The highest BCUT2D eigenvalue weighted by molar-refractivity contribution is 5.58. The zero-order valence-electron chi connectivity index (χ0n) is 15.2. The summed E-state index contributed by atoms with van der Waals surface area (Å²) in [6.45, 7) is 15.3. The second-order valence-electron chi connectivity index (χ2n) is 7.32. The second-order valence-corrected chi connectivity index (χ2v) is 7.32. The predicted molar refractivity (Wildman–Crippen MR) is 93.5 cm³/mol. The molecule has 0 aromatic heterocycles. The number of hydrogen-bond donors (Lipinski definition) is 0. The van der Waals surface area contributed by atoms with Crippen LogP contribution in [0.25, 0.3) is 0 Å². The van der Waals surface area contributed by atoms with Crippen LogP contribution in [0.4, 0.5) is 0 Å². The van der Waals surface area contributed by atoms with Crippen molar-refractivity contribution in [3.63, 3.8) is 0 Å². The van der Waals surface area contributed by atoms with Gasteiger partial charge in [0.2, 0.25) is 6.29 Å². The third-order valence-corrected chi connectivity index (χ3v) is 5.03. The van der Waals surface area contributed by atoms with E-state index in [2.05, 4.69) is 53.7 Å². The first-order chi connectivity index (χ1) is 10.2. The van der Waals surface area contributed by atoms with Gasteiger partial charge in [0.25, 0.3) is 0 Å². The van der Waals surface area contributed by atoms with E-state index in [9.17, 15) is 4.79 Å². The van der Waals surface area contributed by atoms with E-state index in [-0.39, 0.29) is 10.8 Å². The topological polar surface area (TPSA) is 26.3 Å². The molecular formula is C20H31O2. The molecule has 0 aliphatic rings. The third kappa shape index (κ3) is 4.12. The molecule has 0 bridgehead atoms. The predicted octanol–water partition coefficient (Wildman–Crippen LogP) is 5.33. The van der Waals surface area contributed by atoms with Crippen LogP contribution in [0.3, 0.4) is 0 Å². The lowest BCUT2D eigenvalue weighted by Crippen LogP contribution is -2.24. The molecule has 0 saturated carbocycles. The fourth-order valence-electron chi connectivity index (χ4n) is 2.32. The Morgan fingerprint density at radius 2 is 1.64 bits per heavy atom. The van der Waals surface area contributed by atoms with Crippen molar-refractivity contribution in [2.75, 3.05) is 0 Å². The van der Waals surface area contributed by atoms with Crippen molar-refractivity contribution in [3.8, 4) is 5.75 Å². The number of hydrogen-bond acceptors (Lipinski definition) is 2. The van der Waals surface area contributed by atoms with Crippen LogP contribution in [0.5, 0.6) is 5.75 Å². The van der Waals surface area contributed by atoms with Crippen molar-refractivity contribution in [2.24, 2.45) is 0 Å². The van der Waals surface area contributed by atoms with Gasteiger partial charge >= 0.3 is 0 Å². The van der Waals surface area contributed by atoms with Crippen molar-refractivity contribution < 1.29 is 9.53 Å². The van der Waals surface area contributed by atoms with Crippen LogP contribution in [0.15, 0.2) is 18.2 Å². The fraction of sp³-hybridized carbons (Fsp3) is 0.650. The Bertz CT molecular complexity index is 500. The van der Waals surface area contributed by atoms with Gasteiger partial charge in [-0.15, -0.1) is 0 Å². The Morgan fingerprint density at radius 3 is 2.09 bits per heavy atom. The zero-order chi connectivity index (χ0) is 17.0. The van der Waals surface area contributed by atoms with Crippen molar-refractivity contribution >= 4 is 6.29 Å². The second kappa shape index (κ2) is 7.30. The molecule has 123 valence electrons. The number of rotatable bonds is 8. The van der Waals surface area contributed by atoms with Gasteiger partial charge in [0.05, 0.1) is 0 Å². The SMILES string of the molecule is CCC([C]=O)Oc1ccc(C(C)(C)CC)cc1C(C)(C)CC. The summed E-state index contributed by atoms with van der Waals surface area (Å²) in [5.74, 6) is 0.817. The lowest BCUT2D eigenvalue weighted by molar-refractivity contribution is 0.247. The molecule has 1 unspecified atom stereocenters. The molecule has 0 heterocycles. The molecule has 1 aromatic rings. The summed E-state index contributed by atoms with van der Waals surface area (Å²) in [6, 6.07) is 6.42. The summed E-state index contributed by atoms with van der Waals surface area (Å²) in [4.78, 5) is 11.0. The molecule has 1 rings (SSSR count). The monoisotopic (exact) mass is 303 g/mol. The van der Waals surface area contributed by atoms with Crippen molar-refractivity contribution in [1.82, 2.24) is 0 Å². The molecule has 1 atom stereocenters. The minimum atomic E-state index is -0.489. The number of carbonyl (C=O) groups excluding carboxylic acids is 1.